The lowest BCUT2D eigenvalue weighted by Gasteiger charge is -1.97. The van der Waals surface area contributed by atoms with E-state index >= 15 is 0 Å². The Hall–Kier alpha value is -3.14. The summed E-state index contributed by atoms with van der Waals surface area (Å²) in [6, 6.07) is 16.5. The summed E-state index contributed by atoms with van der Waals surface area (Å²) in [6.45, 7) is 0. The highest BCUT2D eigenvalue weighted by Gasteiger charge is 2.04. The van der Waals surface area contributed by atoms with Crippen molar-refractivity contribution in [3.63, 3.8) is 0 Å². The molecule has 0 radical (unpaired) electrons. The zero-order valence-electron chi connectivity index (χ0n) is 11.6. The number of aromatic nitrogens is 1. The van der Waals surface area contributed by atoms with Gasteiger partial charge in [0.25, 0.3) is 0 Å². The maximum Gasteiger partial charge on any atom is 0.362 e. The Bertz CT molecular complexity index is 908. The molecule has 0 aliphatic rings. The van der Waals surface area contributed by atoms with Crippen molar-refractivity contribution >= 4 is 23.3 Å². The first-order chi connectivity index (χ1) is 10.7. The number of hydrogen-bond donors (Lipinski definition) is 1. The van der Waals surface area contributed by atoms with Crippen LogP contribution in [-0.4, -0.2) is 10.1 Å². The summed E-state index contributed by atoms with van der Waals surface area (Å²) < 4.78 is 5.16. The standard InChI is InChI=1S/C18H13NO3/c20-14(11-10-13-6-2-1-3-7-13)12-16-18(21)22-17-9-5-4-8-15(17)19-16/h1-12,20H/b11-10?,14-12-. The average Bonchev–Trinajstić information content (AvgIpc) is 2.55. The van der Waals surface area contributed by atoms with Crippen LogP contribution in [0.4, 0.5) is 0 Å². The van der Waals surface area contributed by atoms with Crippen molar-refractivity contribution in [3.05, 3.63) is 88.1 Å². The SMILES string of the molecule is O=c1oc2ccccc2nc1/C=C(\O)C=Cc1ccccc1. The first kappa shape index (κ1) is 13.8. The number of hydrogen-bond acceptors (Lipinski definition) is 4. The second-order valence-electron chi connectivity index (χ2n) is 4.67. The zero-order chi connectivity index (χ0) is 15.4. The fourth-order valence-corrected chi connectivity index (χ4v) is 1.99. The van der Waals surface area contributed by atoms with Gasteiger partial charge in [-0.2, -0.15) is 0 Å². The van der Waals surface area contributed by atoms with Crippen LogP contribution in [0.2, 0.25) is 0 Å². The van der Waals surface area contributed by atoms with Crippen molar-refractivity contribution in [1.82, 2.24) is 4.98 Å². The molecule has 1 N–H and O–H groups in total. The molecule has 0 aliphatic heterocycles. The predicted molar refractivity (Wildman–Crippen MR) is 86.4 cm³/mol. The van der Waals surface area contributed by atoms with Crippen LogP contribution in [0.25, 0.3) is 23.3 Å². The number of aliphatic hydroxyl groups excluding tert-OH is 1. The van der Waals surface area contributed by atoms with Crippen LogP contribution in [0, 0.1) is 0 Å². The van der Waals surface area contributed by atoms with E-state index in [1.54, 1.807) is 30.3 Å². The molecule has 22 heavy (non-hydrogen) atoms. The van der Waals surface area contributed by atoms with E-state index in [0.29, 0.717) is 11.1 Å². The fourth-order valence-electron chi connectivity index (χ4n) is 1.99. The third kappa shape index (κ3) is 3.12. The number of allylic oxidation sites excluding steroid dienone is 1. The van der Waals surface area contributed by atoms with Crippen LogP contribution < -0.4 is 5.63 Å². The van der Waals surface area contributed by atoms with E-state index in [1.807, 2.05) is 30.3 Å². The molecule has 0 saturated carbocycles. The van der Waals surface area contributed by atoms with Gasteiger partial charge in [-0.25, -0.2) is 9.78 Å². The van der Waals surface area contributed by atoms with E-state index in [4.69, 9.17) is 4.42 Å². The van der Waals surface area contributed by atoms with Crippen LogP contribution in [0.1, 0.15) is 11.3 Å². The van der Waals surface area contributed by atoms with Crippen molar-refractivity contribution in [3.8, 4) is 0 Å². The molecule has 3 rings (SSSR count). The Kier molecular flexibility index (Phi) is 3.83. The van der Waals surface area contributed by atoms with Crippen molar-refractivity contribution in [2.24, 2.45) is 0 Å². The number of benzene rings is 2. The van der Waals surface area contributed by atoms with Crippen LogP contribution in [0.15, 0.2) is 75.6 Å². The quantitative estimate of drug-likeness (QED) is 0.589. The van der Waals surface area contributed by atoms with Crippen molar-refractivity contribution in [2.75, 3.05) is 0 Å². The number of rotatable bonds is 3. The third-order valence-corrected chi connectivity index (χ3v) is 3.05. The lowest BCUT2D eigenvalue weighted by molar-refractivity contribution is 0.437. The molecule has 4 nitrogen and oxygen atoms in total. The minimum absolute atomic E-state index is 0.0638. The molecular weight excluding hydrogens is 278 g/mol. The van der Waals surface area contributed by atoms with Crippen LogP contribution in [-0.2, 0) is 0 Å². The third-order valence-electron chi connectivity index (χ3n) is 3.05. The highest BCUT2D eigenvalue weighted by molar-refractivity contribution is 5.72. The van der Waals surface area contributed by atoms with Gasteiger partial charge in [-0.3, -0.25) is 0 Å². The smallest absolute Gasteiger partial charge is 0.362 e. The van der Waals surface area contributed by atoms with Crippen molar-refractivity contribution in [1.29, 1.82) is 0 Å². The Morgan fingerprint density at radius 2 is 1.77 bits per heavy atom. The van der Waals surface area contributed by atoms with Gasteiger partial charge in [-0.15, -0.1) is 0 Å². The second kappa shape index (κ2) is 6.10. The lowest BCUT2D eigenvalue weighted by Crippen LogP contribution is -2.06. The molecule has 108 valence electrons. The Balaban J connectivity index is 1.92. The number of nitrogens with zero attached hydrogens (tertiary/aromatic N) is 1. The number of para-hydroxylation sites is 2. The van der Waals surface area contributed by atoms with Gasteiger partial charge in [-0.05, 0) is 23.8 Å². The highest BCUT2D eigenvalue weighted by atomic mass is 16.4. The Labute approximate surface area is 126 Å². The molecule has 3 aromatic rings. The molecule has 0 unspecified atom stereocenters. The van der Waals surface area contributed by atoms with Crippen LogP contribution >= 0.6 is 0 Å². The zero-order valence-corrected chi connectivity index (χ0v) is 11.6. The summed E-state index contributed by atoms with van der Waals surface area (Å²) >= 11 is 0. The number of fused-ring (bicyclic) bond motifs is 1. The maximum absolute atomic E-state index is 11.8. The fraction of sp³-hybridized carbons (Fsp3) is 0. The van der Waals surface area contributed by atoms with Crippen LogP contribution in [0.3, 0.4) is 0 Å². The summed E-state index contributed by atoms with van der Waals surface area (Å²) in [5, 5.41) is 9.91. The van der Waals surface area contributed by atoms with Gasteiger partial charge in [0, 0.05) is 6.08 Å². The van der Waals surface area contributed by atoms with Crippen LogP contribution in [0.5, 0.6) is 0 Å². The van der Waals surface area contributed by atoms with Crippen molar-refractivity contribution in [2.45, 2.75) is 0 Å². The summed E-state index contributed by atoms with van der Waals surface area (Å²) in [5.74, 6) is -0.0704. The number of aliphatic hydroxyl groups is 1. The van der Waals surface area contributed by atoms with E-state index in [-0.39, 0.29) is 11.5 Å². The van der Waals surface area contributed by atoms with Gasteiger partial charge >= 0.3 is 5.63 Å². The molecule has 0 fully saturated rings. The van der Waals surface area contributed by atoms with Gasteiger partial charge in [0.15, 0.2) is 11.3 Å². The molecule has 1 aromatic heterocycles. The van der Waals surface area contributed by atoms with Gasteiger partial charge in [0.1, 0.15) is 11.3 Å². The molecule has 0 spiro atoms. The molecule has 2 aromatic carbocycles. The summed E-state index contributed by atoms with van der Waals surface area (Å²) in [5.41, 5.74) is 1.41. The van der Waals surface area contributed by atoms with E-state index in [0.717, 1.165) is 5.56 Å². The minimum atomic E-state index is -0.585. The summed E-state index contributed by atoms with van der Waals surface area (Å²) in [7, 11) is 0. The van der Waals surface area contributed by atoms with E-state index < -0.39 is 5.63 Å². The largest absolute Gasteiger partial charge is 0.508 e. The monoisotopic (exact) mass is 291 g/mol. The second-order valence-corrected chi connectivity index (χ2v) is 4.67. The average molecular weight is 291 g/mol. The molecule has 0 saturated heterocycles. The van der Waals surface area contributed by atoms with Crippen molar-refractivity contribution < 1.29 is 9.52 Å². The molecule has 0 amide bonds. The normalized spacial score (nSPS) is 12.1. The topological polar surface area (TPSA) is 63.3 Å². The highest BCUT2D eigenvalue weighted by Crippen LogP contribution is 2.11. The molecular formula is C18H13NO3. The Morgan fingerprint density at radius 1 is 1.05 bits per heavy atom. The summed E-state index contributed by atoms with van der Waals surface area (Å²) in [4.78, 5) is 16.0. The first-order valence-electron chi connectivity index (χ1n) is 6.76. The van der Waals surface area contributed by atoms with Gasteiger partial charge in [0.05, 0.1) is 0 Å². The molecule has 4 heteroatoms. The molecule has 0 atom stereocenters. The van der Waals surface area contributed by atoms with Gasteiger partial charge in [0.2, 0.25) is 0 Å². The predicted octanol–water partition coefficient (Wildman–Crippen LogP) is 3.80. The molecule has 0 aliphatic carbocycles. The maximum atomic E-state index is 11.8. The first-order valence-corrected chi connectivity index (χ1v) is 6.76. The van der Waals surface area contributed by atoms with E-state index in [2.05, 4.69) is 4.98 Å². The summed E-state index contributed by atoms with van der Waals surface area (Å²) in [6.07, 6.45) is 4.54. The molecule has 0 bridgehead atoms. The van der Waals surface area contributed by atoms with Gasteiger partial charge in [-0.1, -0.05) is 48.5 Å². The Morgan fingerprint density at radius 3 is 2.59 bits per heavy atom. The van der Waals surface area contributed by atoms with E-state index in [1.165, 1.54) is 12.2 Å². The lowest BCUT2D eigenvalue weighted by atomic mass is 10.2. The molecule has 1 heterocycles. The minimum Gasteiger partial charge on any atom is -0.508 e. The van der Waals surface area contributed by atoms with Gasteiger partial charge < -0.3 is 9.52 Å². The van der Waals surface area contributed by atoms with E-state index in [9.17, 15) is 9.90 Å².